The van der Waals surface area contributed by atoms with Gasteiger partial charge in [0, 0.05) is 5.56 Å². The zero-order valence-electron chi connectivity index (χ0n) is 6.24. The number of nitro benzene ring substituents is 1. The number of nitro groups is 1. The zero-order valence-corrected chi connectivity index (χ0v) is 7.14. The minimum absolute atomic E-state index is 0.208. The van der Waals surface area contributed by atoms with Crippen LogP contribution in [-0.2, 0) is 0 Å². The van der Waals surface area contributed by atoms with E-state index >= 15 is 0 Å². The summed E-state index contributed by atoms with van der Waals surface area (Å²) in [6.45, 7) is 1.54. The molecule has 64 valence electrons. The van der Waals surface area contributed by atoms with Crippen LogP contribution in [0.1, 0.15) is 5.56 Å². The van der Waals surface area contributed by atoms with Crippen LogP contribution in [-0.4, -0.2) is 4.92 Å². The minimum atomic E-state index is -0.671. The van der Waals surface area contributed by atoms with E-state index < -0.39 is 10.7 Å². The molecule has 1 aromatic rings. The van der Waals surface area contributed by atoms with Gasteiger partial charge in [0.05, 0.1) is 4.92 Å². The molecule has 0 radical (unpaired) electrons. The first-order chi connectivity index (χ1) is 5.54. The van der Waals surface area contributed by atoms with E-state index in [1.165, 1.54) is 13.0 Å². The van der Waals surface area contributed by atoms with Crippen molar-refractivity contribution >= 4 is 18.3 Å². The highest BCUT2D eigenvalue weighted by molar-refractivity contribution is 7.80. The van der Waals surface area contributed by atoms with E-state index in [1.807, 2.05) is 0 Å². The molecule has 1 rings (SSSR count). The fourth-order valence-electron chi connectivity index (χ4n) is 0.886. The lowest BCUT2D eigenvalue weighted by Gasteiger charge is -1.99. The molecule has 0 aliphatic carbocycles. The van der Waals surface area contributed by atoms with Gasteiger partial charge in [-0.3, -0.25) is 10.1 Å². The molecular weight excluding hydrogens is 181 g/mol. The van der Waals surface area contributed by atoms with Gasteiger partial charge in [0.2, 0.25) is 0 Å². The summed E-state index contributed by atoms with van der Waals surface area (Å²) in [5.41, 5.74) is 0.143. The smallest absolute Gasteiger partial charge is 0.258 e. The summed E-state index contributed by atoms with van der Waals surface area (Å²) in [4.78, 5) is 9.54. The Labute approximate surface area is 73.8 Å². The van der Waals surface area contributed by atoms with Crippen LogP contribution < -0.4 is 0 Å². The number of thiol groups is 1. The standard InChI is InChI=1S/C7H6FNO2S/c1-4-2-3-5(8)7(12)6(4)9(10)11/h2-3,12H,1H3. The highest BCUT2D eigenvalue weighted by atomic mass is 32.1. The molecule has 0 bridgehead atoms. The normalized spacial score (nSPS) is 9.92. The van der Waals surface area contributed by atoms with E-state index in [9.17, 15) is 14.5 Å². The summed E-state index contributed by atoms with van der Waals surface area (Å²) in [6, 6.07) is 2.51. The Balaban J connectivity index is 3.43. The molecule has 0 spiro atoms. The Hall–Kier alpha value is -1.10. The lowest BCUT2D eigenvalue weighted by molar-refractivity contribution is -0.388. The minimum Gasteiger partial charge on any atom is -0.258 e. The summed E-state index contributed by atoms with van der Waals surface area (Å²) in [5.74, 6) is -0.671. The van der Waals surface area contributed by atoms with Crippen molar-refractivity contribution in [1.29, 1.82) is 0 Å². The third-order valence-corrected chi connectivity index (χ3v) is 1.91. The molecule has 0 aliphatic heterocycles. The molecule has 0 N–H and O–H groups in total. The van der Waals surface area contributed by atoms with Gasteiger partial charge in [0.15, 0.2) is 0 Å². The average molecular weight is 187 g/mol. The van der Waals surface area contributed by atoms with E-state index in [0.29, 0.717) is 5.56 Å². The third-order valence-electron chi connectivity index (χ3n) is 1.49. The number of benzene rings is 1. The maximum atomic E-state index is 12.7. The number of aryl methyl sites for hydroxylation is 1. The first-order valence-corrected chi connectivity index (χ1v) is 3.61. The van der Waals surface area contributed by atoms with Crippen LogP contribution in [0.3, 0.4) is 0 Å². The summed E-state index contributed by atoms with van der Waals surface area (Å²) in [7, 11) is 0. The Morgan fingerprint density at radius 2 is 2.17 bits per heavy atom. The second-order valence-electron chi connectivity index (χ2n) is 2.32. The first-order valence-electron chi connectivity index (χ1n) is 3.16. The van der Waals surface area contributed by atoms with Crippen LogP contribution in [0.5, 0.6) is 0 Å². The Morgan fingerprint density at radius 1 is 1.58 bits per heavy atom. The maximum Gasteiger partial charge on any atom is 0.288 e. The van der Waals surface area contributed by atoms with Crippen molar-refractivity contribution in [2.75, 3.05) is 0 Å². The van der Waals surface area contributed by atoms with Crippen molar-refractivity contribution in [3.8, 4) is 0 Å². The lowest BCUT2D eigenvalue weighted by Crippen LogP contribution is -1.95. The predicted octanol–water partition coefficient (Wildman–Crippen LogP) is 2.33. The van der Waals surface area contributed by atoms with E-state index in [1.54, 1.807) is 0 Å². The van der Waals surface area contributed by atoms with Crippen LogP contribution in [0.2, 0.25) is 0 Å². The van der Waals surface area contributed by atoms with Gasteiger partial charge < -0.3 is 0 Å². The van der Waals surface area contributed by atoms with Crippen molar-refractivity contribution in [2.45, 2.75) is 11.8 Å². The highest BCUT2D eigenvalue weighted by Gasteiger charge is 2.17. The molecule has 0 amide bonds. The summed E-state index contributed by atoms with van der Waals surface area (Å²) >= 11 is 3.70. The molecule has 0 saturated carbocycles. The van der Waals surface area contributed by atoms with Crippen molar-refractivity contribution in [1.82, 2.24) is 0 Å². The summed E-state index contributed by atoms with van der Waals surface area (Å²) in [5, 5.41) is 10.4. The molecule has 12 heavy (non-hydrogen) atoms. The van der Waals surface area contributed by atoms with Crippen LogP contribution in [0, 0.1) is 22.9 Å². The molecule has 0 aromatic heterocycles. The molecule has 0 atom stereocenters. The first kappa shape index (κ1) is 8.99. The second-order valence-corrected chi connectivity index (χ2v) is 2.77. The van der Waals surface area contributed by atoms with Gasteiger partial charge in [0.1, 0.15) is 10.7 Å². The SMILES string of the molecule is Cc1ccc(F)c(S)c1[N+](=O)[O-]. The topological polar surface area (TPSA) is 43.1 Å². The zero-order chi connectivity index (χ0) is 9.30. The molecule has 0 unspecified atom stereocenters. The van der Waals surface area contributed by atoms with E-state index in [2.05, 4.69) is 12.6 Å². The monoisotopic (exact) mass is 187 g/mol. The van der Waals surface area contributed by atoms with E-state index in [-0.39, 0.29) is 10.6 Å². The van der Waals surface area contributed by atoms with Gasteiger partial charge in [-0.2, -0.15) is 0 Å². The predicted molar refractivity (Wildman–Crippen MR) is 45.0 cm³/mol. The second kappa shape index (κ2) is 3.10. The molecule has 1 aromatic carbocycles. The van der Waals surface area contributed by atoms with Crippen molar-refractivity contribution in [2.24, 2.45) is 0 Å². The number of hydrogen-bond donors (Lipinski definition) is 1. The van der Waals surface area contributed by atoms with Gasteiger partial charge in [-0.05, 0) is 19.1 Å². The van der Waals surface area contributed by atoms with Crippen molar-refractivity contribution in [3.63, 3.8) is 0 Å². The van der Waals surface area contributed by atoms with Crippen LogP contribution >= 0.6 is 12.6 Å². The fourth-order valence-corrected chi connectivity index (χ4v) is 1.22. The van der Waals surface area contributed by atoms with Crippen LogP contribution in [0.4, 0.5) is 10.1 Å². The maximum absolute atomic E-state index is 12.7. The number of nitrogens with zero attached hydrogens (tertiary/aromatic N) is 1. The van der Waals surface area contributed by atoms with Gasteiger partial charge in [-0.15, -0.1) is 12.6 Å². The molecule has 3 nitrogen and oxygen atoms in total. The van der Waals surface area contributed by atoms with Crippen molar-refractivity contribution in [3.05, 3.63) is 33.6 Å². The van der Waals surface area contributed by atoms with E-state index in [0.717, 1.165) is 6.07 Å². The van der Waals surface area contributed by atoms with Crippen LogP contribution in [0.25, 0.3) is 0 Å². The average Bonchev–Trinajstić information content (AvgIpc) is 1.97. The van der Waals surface area contributed by atoms with Gasteiger partial charge in [-0.1, -0.05) is 0 Å². The Kier molecular flexibility index (Phi) is 2.32. The summed E-state index contributed by atoms with van der Waals surface area (Å²) in [6.07, 6.45) is 0. The number of hydrogen-bond acceptors (Lipinski definition) is 3. The lowest BCUT2D eigenvalue weighted by atomic mass is 10.2. The van der Waals surface area contributed by atoms with Gasteiger partial charge >= 0.3 is 0 Å². The van der Waals surface area contributed by atoms with Crippen LogP contribution in [0.15, 0.2) is 17.0 Å². The molecule has 0 heterocycles. The van der Waals surface area contributed by atoms with E-state index in [4.69, 9.17) is 0 Å². The van der Waals surface area contributed by atoms with Gasteiger partial charge in [0.25, 0.3) is 5.69 Å². The fraction of sp³-hybridized carbons (Fsp3) is 0.143. The van der Waals surface area contributed by atoms with Crippen molar-refractivity contribution < 1.29 is 9.31 Å². The summed E-state index contributed by atoms with van der Waals surface area (Å²) < 4.78 is 12.7. The largest absolute Gasteiger partial charge is 0.288 e. The molecule has 5 heteroatoms. The molecule has 0 fully saturated rings. The Bertz CT molecular complexity index is 340. The Morgan fingerprint density at radius 3 is 2.58 bits per heavy atom. The highest BCUT2D eigenvalue weighted by Crippen LogP contribution is 2.28. The quantitative estimate of drug-likeness (QED) is 0.416. The number of rotatable bonds is 1. The molecule has 0 saturated heterocycles. The molecular formula is C7H6FNO2S. The third kappa shape index (κ3) is 1.40. The number of halogens is 1. The molecule has 0 aliphatic rings. The van der Waals surface area contributed by atoms with Gasteiger partial charge in [-0.25, -0.2) is 4.39 Å².